The summed E-state index contributed by atoms with van der Waals surface area (Å²) in [5.74, 6) is 2.42. The lowest BCUT2D eigenvalue weighted by molar-refractivity contribution is 0.159. The first-order chi connectivity index (χ1) is 11.7. The normalized spacial score (nSPS) is 19.4. The molecule has 1 aromatic heterocycles. The van der Waals surface area contributed by atoms with Crippen LogP contribution in [0.3, 0.4) is 0 Å². The Morgan fingerprint density at radius 2 is 2.17 bits per heavy atom. The van der Waals surface area contributed by atoms with E-state index in [9.17, 15) is 0 Å². The van der Waals surface area contributed by atoms with E-state index in [1.54, 1.807) is 19.1 Å². The van der Waals surface area contributed by atoms with Gasteiger partial charge < -0.3 is 9.47 Å². The molecule has 0 aliphatic carbocycles. The Balaban J connectivity index is 1.71. The quantitative estimate of drug-likeness (QED) is 0.760. The average Bonchev–Trinajstić information content (AvgIpc) is 3.02. The predicted octanol–water partition coefficient (Wildman–Crippen LogP) is 4.20. The minimum absolute atomic E-state index is 0.486. The maximum absolute atomic E-state index is 5.94. The number of thiophene rings is 1. The van der Waals surface area contributed by atoms with E-state index in [2.05, 4.69) is 17.0 Å². The lowest BCUT2D eigenvalue weighted by atomic mass is 9.86. The van der Waals surface area contributed by atoms with Crippen LogP contribution in [0.5, 0.6) is 11.5 Å². The summed E-state index contributed by atoms with van der Waals surface area (Å²) in [5.41, 5.74) is 4.19. The molecule has 5 heteroatoms. The molecule has 3 nitrogen and oxygen atoms in total. The van der Waals surface area contributed by atoms with Crippen LogP contribution in [-0.4, -0.2) is 31.5 Å². The molecule has 0 bridgehead atoms. The van der Waals surface area contributed by atoms with Crippen molar-refractivity contribution in [3.63, 3.8) is 0 Å². The number of hydrogen-bond donors (Lipinski definition) is 0. The molecule has 128 valence electrons. The Kier molecular flexibility index (Phi) is 4.46. The van der Waals surface area contributed by atoms with Crippen molar-refractivity contribution in [1.29, 1.82) is 0 Å². The summed E-state index contributed by atoms with van der Waals surface area (Å²) in [4.78, 5) is 5.57. The summed E-state index contributed by atoms with van der Waals surface area (Å²) in [5, 5.41) is 0. The number of methoxy groups -OCH3 is 2. The Morgan fingerprint density at radius 1 is 1.29 bits per heavy atom. The summed E-state index contributed by atoms with van der Waals surface area (Å²) in [7, 11) is 3.43. The fourth-order valence-electron chi connectivity index (χ4n) is 4.03. The minimum Gasteiger partial charge on any atom is -0.493 e. The van der Waals surface area contributed by atoms with Crippen molar-refractivity contribution >= 4 is 22.9 Å². The Bertz CT molecular complexity index is 758. The minimum atomic E-state index is 0.486. The van der Waals surface area contributed by atoms with Gasteiger partial charge in [0.15, 0.2) is 11.5 Å². The van der Waals surface area contributed by atoms with E-state index in [1.807, 2.05) is 17.4 Å². The number of alkyl halides is 1. The number of ether oxygens (including phenoxy) is 2. The maximum atomic E-state index is 5.94. The van der Waals surface area contributed by atoms with Crippen LogP contribution < -0.4 is 9.47 Å². The van der Waals surface area contributed by atoms with Crippen LogP contribution in [0, 0.1) is 0 Å². The van der Waals surface area contributed by atoms with E-state index in [0.717, 1.165) is 43.9 Å². The van der Waals surface area contributed by atoms with Gasteiger partial charge in [-0.1, -0.05) is 6.07 Å². The highest BCUT2D eigenvalue weighted by molar-refractivity contribution is 7.12. The molecule has 24 heavy (non-hydrogen) atoms. The van der Waals surface area contributed by atoms with E-state index < -0.39 is 0 Å². The van der Waals surface area contributed by atoms with E-state index in [0.29, 0.717) is 11.9 Å². The molecule has 2 aliphatic rings. The van der Waals surface area contributed by atoms with Gasteiger partial charge in [0.05, 0.1) is 14.2 Å². The van der Waals surface area contributed by atoms with Gasteiger partial charge in [-0.2, -0.15) is 0 Å². The first kappa shape index (κ1) is 16.2. The van der Waals surface area contributed by atoms with Gasteiger partial charge in [0.2, 0.25) is 0 Å². The molecule has 4 rings (SSSR count). The molecule has 0 fully saturated rings. The van der Waals surface area contributed by atoms with Crippen molar-refractivity contribution in [2.75, 3.05) is 26.6 Å². The molecule has 0 saturated heterocycles. The van der Waals surface area contributed by atoms with Gasteiger partial charge in [0.1, 0.15) is 0 Å². The third-order valence-electron chi connectivity index (χ3n) is 5.18. The van der Waals surface area contributed by atoms with Crippen LogP contribution in [0.15, 0.2) is 18.2 Å². The zero-order chi connectivity index (χ0) is 16.7. The summed E-state index contributed by atoms with van der Waals surface area (Å²) in [6.45, 7) is 2.04. The predicted molar refractivity (Wildman–Crippen MR) is 98.8 cm³/mol. The molecule has 2 aliphatic heterocycles. The third kappa shape index (κ3) is 2.61. The molecule has 0 unspecified atom stereocenters. The monoisotopic (exact) mass is 363 g/mol. The number of rotatable bonds is 4. The molecular weight excluding hydrogens is 342 g/mol. The lowest BCUT2D eigenvalue weighted by Crippen LogP contribution is -2.38. The molecular formula is C19H22ClNO2S. The first-order valence-corrected chi connectivity index (χ1v) is 9.74. The topological polar surface area (TPSA) is 21.7 Å². The fraction of sp³-hybridized carbons (Fsp3) is 0.474. The highest BCUT2D eigenvalue weighted by Gasteiger charge is 2.35. The molecule has 3 heterocycles. The van der Waals surface area contributed by atoms with Crippen LogP contribution in [0.1, 0.15) is 32.5 Å². The van der Waals surface area contributed by atoms with E-state index in [-0.39, 0.29) is 0 Å². The molecule has 0 saturated carbocycles. The fourth-order valence-corrected chi connectivity index (χ4v) is 5.56. The maximum Gasteiger partial charge on any atom is 0.165 e. The second-order valence-corrected chi connectivity index (χ2v) is 8.01. The van der Waals surface area contributed by atoms with Crippen molar-refractivity contribution in [2.24, 2.45) is 0 Å². The van der Waals surface area contributed by atoms with Gasteiger partial charge in [-0.05, 0) is 42.5 Å². The van der Waals surface area contributed by atoms with Crippen molar-refractivity contribution < 1.29 is 9.47 Å². The van der Waals surface area contributed by atoms with Crippen molar-refractivity contribution in [3.8, 4) is 11.5 Å². The third-order valence-corrected chi connectivity index (χ3v) is 6.64. The number of halogens is 1. The van der Waals surface area contributed by atoms with Crippen LogP contribution >= 0.6 is 22.9 Å². The Morgan fingerprint density at radius 3 is 2.92 bits per heavy atom. The summed E-state index contributed by atoms with van der Waals surface area (Å²) >= 11 is 7.89. The van der Waals surface area contributed by atoms with Gasteiger partial charge in [0.25, 0.3) is 0 Å². The van der Waals surface area contributed by atoms with Gasteiger partial charge in [-0.15, -0.1) is 22.9 Å². The van der Waals surface area contributed by atoms with Gasteiger partial charge in [-0.25, -0.2) is 0 Å². The molecule has 0 N–H and O–H groups in total. The van der Waals surface area contributed by atoms with E-state index in [4.69, 9.17) is 21.1 Å². The Labute approximate surface area is 152 Å². The number of fused-ring (bicyclic) bond motifs is 4. The molecule has 0 amide bonds. The Hall–Kier alpha value is -1.23. The zero-order valence-electron chi connectivity index (χ0n) is 14.1. The largest absolute Gasteiger partial charge is 0.493 e. The number of benzene rings is 1. The van der Waals surface area contributed by atoms with E-state index >= 15 is 0 Å². The molecule has 1 aromatic carbocycles. The average molecular weight is 364 g/mol. The van der Waals surface area contributed by atoms with Crippen LogP contribution in [0.25, 0.3) is 0 Å². The second-order valence-electron chi connectivity index (χ2n) is 6.41. The number of nitrogens with zero attached hydrogens (tertiary/aromatic N) is 1. The van der Waals surface area contributed by atoms with Gasteiger partial charge in [0, 0.05) is 40.3 Å². The lowest BCUT2D eigenvalue weighted by Gasteiger charge is -2.40. The molecule has 1 atom stereocenters. The number of aryl methyl sites for hydroxylation is 1. The molecule has 0 spiro atoms. The SMILES string of the molecule is COc1ccc2c(c1OC)CN1CCc3sc(CCCl)cc3[C@@H]1C2. The van der Waals surface area contributed by atoms with Crippen molar-refractivity contribution in [2.45, 2.75) is 31.8 Å². The first-order valence-electron chi connectivity index (χ1n) is 8.39. The van der Waals surface area contributed by atoms with Crippen LogP contribution in [-0.2, 0) is 25.8 Å². The summed E-state index contributed by atoms with van der Waals surface area (Å²) in [6.07, 6.45) is 3.16. The van der Waals surface area contributed by atoms with E-state index in [1.165, 1.54) is 21.6 Å². The van der Waals surface area contributed by atoms with Gasteiger partial charge >= 0.3 is 0 Å². The standard InChI is InChI=1S/C19H22ClNO2S/c1-22-17-4-3-12-9-16-14-10-13(5-7-20)24-18(14)6-8-21(16)11-15(12)19(17)23-2/h3-4,10,16H,5-9,11H2,1-2H3/t16-/m0/s1. The smallest absolute Gasteiger partial charge is 0.165 e. The van der Waals surface area contributed by atoms with Crippen LogP contribution in [0.4, 0.5) is 0 Å². The zero-order valence-corrected chi connectivity index (χ0v) is 15.7. The van der Waals surface area contributed by atoms with Crippen LogP contribution in [0.2, 0.25) is 0 Å². The number of hydrogen-bond acceptors (Lipinski definition) is 4. The van der Waals surface area contributed by atoms with Crippen molar-refractivity contribution in [1.82, 2.24) is 4.90 Å². The summed E-state index contributed by atoms with van der Waals surface area (Å²) in [6, 6.07) is 7.11. The summed E-state index contributed by atoms with van der Waals surface area (Å²) < 4.78 is 11.1. The van der Waals surface area contributed by atoms with Crippen molar-refractivity contribution in [3.05, 3.63) is 44.6 Å². The second kappa shape index (κ2) is 6.58. The molecule has 0 radical (unpaired) electrons. The van der Waals surface area contributed by atoms with Gasteiger partial charge in [-0.3, -0.25) is 4.90 Å². The molecule has 2 aromatic rings. The highest BCUT2D eigenvalue weighted by Crippen LogP contribution is 2.45. The highest BCUT2D eigenvalue weighted by atomic mass is 35.5.